The van der Waals surface area contributed by atoms with Gasteiger partial charge >= 0.3 is 0 Å². The minimum absolute atomic E-state index is 0.0385. The molecule has 7 nitrogen and oxygen atoms in total. The monoisotopic (exact) mass is 391 g/mol. The molecule has 2 fully saturated rings. The SMILES string of the molecule is CCC1=NS(=O)(=O)c2cc(NC(=O)C3CCC3)ccc2N1CC1CCCO1. The van der Waals surface area contributed by atoms with Crippen molar-refractivity contribution < 1.29 is 17.9 Å². The fourth-order valence-corrected chi connectivity index (χ4v) is 5.09. The maximum Gasteiger partial charge on any atom is 0.286 e. The summed E-state index contributed by atoms with van der Waals surface area (Å²) in [5.41, 5.74) is 1.11. The van der Waals surface area contributed by atoms with E-state index >= 15 is 0 Å². The van der Waals surface area contributed by atoms with Crippen molar-refractivity contribution in [3.05, 3.63) is 18.2 Å². The number of carbonyl (C=O) groups excluding carboxylic acids is 1. The largest absolute Gasteiger partial charge is 0.376 e. The first-order valence-electron chi connectivity index (χ1n) is 9.66. The van der Waals surface area contributed by atoms with Crippen LogP contribution in [0.3, 0.4) is 0 Å². The van der Waals surface area contributed by atoms with Crippen LogP contribution >= 0.6 is 0 Å². The number of carbonyl (C=O) groups is 1. The molecule has 0 radical (unpaired) electrons. The minimum Gasteiger partial charge on any atom is -0.376 e. The molecule has 1 aromatic rings. The first kappa shape index (κ1) is 18.4. The second-order valence-corrected chi connectivity index (χ2v) is 8.95. The molecule has 3 aliphatic rings. The quantitative estimate of drug-likeness (QED) is 0.834. The highest BCUT2D eigenvalue weighted by atomic mass is 32.2. The van der Waals surface area contributed by atoms with E-state index in [1.165, 1.54) is 6.07 Å². The first-order valence-corrected chi connectivity index (χ1v) is 11.1. The molecule has 1 amide bonds. The number of amides is 1. The van der Waals surface area contributed by atoms with E-state index in [2.05, 4.69) is 9.71 Å². The second-order valence-electron chi connectivity index (χ2n) is 7.38. The van der Waals surface area contributed by atoms with Crippen LogP contribution in [0.1, 0.15) is 45.4 Å². The van der Waals surface area contributed by atoms with Crippen LogP contribution < -0.4 is 10.2 Å². The molecule has 2 heterocycles. The molecule has 1 atom stereocenters. The third-order valence-electron chi connectivity index (χ3n) is 5.54. The molecular formula is C19H25N3O4S. The number of nitrogens with one attached hydrogen (secondary N) is 1. The van der Waals surface area contributed by atoms with Gasteiger partial charge in [0.15, 0.2) is 0 Å². The summed E-state index contributed by atoms with van der Waals surface area (Å²) in [5.74, 6) is 0.533. The van der Waals surface area contributed by atoms with Crippen LogP contribution in [0.5, 0.6) is 0 Å². The highest BCUT2D eigenvalue weighted by Crippen LogP contribution is 2.36. The number of fused-ring (bicyclic) bond motifs is 1. The van der Waals surface area contributed by atoms with Crippen molar-refractivity contribution >= 4 is 33.1 Å². The number of anilines is 2. The lowest BCUT2D eigenvalue weighted by molar-refractivity contribution is -0.122. The molecule has 0 spiro atoms. The molecule has 1 unspecified atom stereocenters. The van der Waals surface area contributed by atoms with Crippen LogP contribution in [0.15, 0.2) is 27.5 Å². The van der Waals surface area contributed by atoms with Gasteiger partial charge in [-0.25, -0.2) is 0 Å². The fraction of sp³-hybridized carbons (Fsp3) is 0.579. The maximum atomic E-state index is 12.7. The van der Waals surface area contributed by atoms with Crippen molar-refractivity contribution in [3.63, 3.8) is 0 Å². The van der Waals surface area contributed by atoms with Crippen molar-refractivity contribution in [2.24, 2.45) is 10.3 Å². The molecule has 1 saturated heterocycles. The predicted molar refractivity (Wildman–Crippen MR) is 104 cm³/mol. The van der Waals surface area contributed by atoms with Crippen LogP contribution in [-0.4, -0.2) is 39.4 Å². The summed E-state index contributed by atoms with van der Waals surface area (Å²) >= 11 is 0. The highest BCUT2D eigenvalue weighted by molar-refractivity contribution is 7.90. The Kier molecular flexibility index (Phi) is 4.94. The molecule has 146 valence electrons. The molecule has 1 aliphatic carbocycles. The molecule has 2 aliphatic heterocycles. The Bertz CT molecular complexity index is 871. The number of hydrogen-bond donors (Lipinski definition) is 1. The van der Waals surface area contributed by atoms with Crippen LogP contribution in [-0.2, 0) is 19.6 Å². The van der Waals surface area contributed by atoms with Gasteiger partial charge in [-0.3, -0.25) is 4.79 Å². The number of nitrogens with zero attached hydrogens (tertiary/aromatic N) is 2. The minimum atomic E-state index is -3.79. The summed E-state index contributed by atoms with van der Waals surface area (Å²) in [6.07, 6.45) is 5.45. The third-order valence-corrected chi connectivity index (χ3v) is 6.87. The molecule has 8 heteroatoms. The Balaban J connectivity index is 1.65. The van der Waals surface area contributed by atoms with E-state index in [4.69, 9.17) is 4.74 Å². The smallest absolute Gasteiger partial charge is 0.286 e. The average Bonchev–Trinajstić information content (AvgIpc) is 3.09. The Labute approximate surface area is 159 Å². The molecule has 27 heavy (non-hydrogen) atoms. The van der Waals surface area contributed by atoms with Crippen LogP contribution in [0.4, 0.5) is 11.4 Å². The number of ether oxygens (including phenoxy) is 1. The van der Waals surface area contributed by atoms with Crippen LogP contribution in [0.25, 0.3) is 0 Å². The van der Waals surface area contributed by atoms with Gasteiger partial charge in [-0.05, 0) is 43.9 Å². The molecule has 1 aromatic carbocycles. The van der Waals surface area contributed by atoms with E-state index in [1.54, 1.807) is 12.1 Å². The third kappa shape index (κ3) is 3.60. The van der Waals surface area contributed by atoms with Crippen LogP contribution in [0, 0.1) is 5.92 Å². The zero-order chi connectivity index (χ0) is 19.0. The zero-order valence-electron chi connectivity index (χ0n) is 15.5. The zero-order valence-corrected chi connectivity index (χ0v) is 16.3. The van der Waals surface area contributed by atoms with Crippen molar-refractivity contribution in [2.45, 2.75) is 56.4 Å². The summed E-state index contributed by atoms with van der Waals surface area (Å²) < 4.78 is 35.2. The van der Waals surface area contributed by atoms with Crippen molar-refractivity contribution in [2.75, 3.05) is 23.4 Å². The highest BCUT2D eigenvalue weighted by Gasteiger charge is 2.33. The van der Waals surface area contributed by atoms with Crippen molar-refractivity contribution in [1.29, 1.82) is 0 Å². The summed E-state index contributed by atoms with van der Waals surface area (Å²) in [6, 6.07) is 5.06. The Morgan fingerprint density at radius 3 is 2.74 bits per heavy atom. The summed E-state index contributed by atoms with van der Waals surface area (Å²) in [7, 11) is -3.79. The Hall–Kier alpha value is -1.93. The lowest BCUT2D eigenvalue weighted by Gasteiger charge is -2.32. The van der Waals surface area contributed by atoms with Gasteiger partial charge < -0.3 is 15.0 Å². The molecule has 1 saturated carbocycles. The van der Waals surface area contributed by atoms with Crippen LogP contribution in [0.2, 0.25) is 0 Å². The topological polar surface area (TPSA) is 88.1 Å². The van der Waals surface area contributed by atoms with E-state index in [0.717, 1.165) is 38.7 Å². The summed E-state index contributed by atoms with van der Waals surface area (Å²) in [5, 5.41) is 2.85. The number of rotatable bonds is 5. The predicted octanol–water partition coefficient (Wildman–Crippen LogP) is 2.92. The molecule has 4 rings (SSSR count). The maximum absolute atomic E-state index is 12.7. The second kappa shape index (κ2) is 7.24. The lowest BCUT2D eigenvalue weighted by atomic mass is 9.85. The molecule has 0 bridgehead atoms. The molecular weight excluding hydrogens is 366 g/mol. The first-order chi connectivity index (χ1) is 13.0. The van der Waals surface area contributed by atoms with E-state index < -0.39 is 10.0 Å². The lowest BCUT2D eigenvalue weighted by Crippen LogP contribution is -2.40. The van der Waals surface area contributed by atoms with Gasteiger partial charge in [0.1, 0.15) is 10.7 Å². The van der Waals surface area contributed by atoms with Gasteiger partial charge in [0.25, 0.3) is 10.0 Å². The fourth-order valence-electron chi connectivity index (χ4n) is 3.76. The van der Waals surface area contributed by atoms with Gasteiger partial charge in [0, 0.05) is 24.6 Å². The van der Waals surface area contributed by atoms with E-state index in [1.807, 2.05) is 11.8 Å². The normalized spacial score (nSPS) is 24.1. The number of sulfonamides is 1. The molecule has 0 aromatic heterocycles. The van der Waals surface area contributed by atoms with Gasteiger partial charge in [-0.2, -0.15) is 8.42 Å². The number of benzene rings is 1. The average molecular weight is 391 g/mol. The van der Waals surface area contributed by atoms with E-state index in [-0.39, 0.29) is 22.8 Å². The van der Waals surface area contributed by atoms with Gasteiger partial charge in [0.05, 0.1) is 18.3 Å². The van der Waals surface area contributed by atoms with Crippen molar-refractivity contribution in [1.82, 2.24) is 0 Å². The van der Waals surface area contributed by atoms with Crippen molar-refractivity contribution in [3.8, 4) is 0 Å². The van der Waals surface area contributed by atoms with E-state index in [0.29, 0.717) is 30.2 Å². The molecule has 1 N–H and O–H groups in total. The summed E-state index contributed by atoms with van der Waals surface area (Å²) in [6.45, 7) is 3.23. The summed E-state index contributed by atoms with van der Waals surface area (Å²) in [4.78, 5) is 14.3. The van der Waals surface area contributed by atoms with E-state index in [9.17, 15) is 13.2 Å². The number of hydrogen-bond acceptors (Lipinski definition) is 5. The number of amidine groups is 1. The van der Waals surface area contributed by atoms with Gasteiger partial charge in [-0.15, -0.1) is 4.40 Å². The van der Waals surface area contributed by atoms with Gasteiger partial charge in [0.2, 0.25) is 5.91 Å². The van der Waals surface area contributed by atoms with Gasteiger partial charge in [-0.1, -0.05) is 13.3 Å². The Morgan fingerprint density at radius 2 is 2.11 bits per heavy atom. The Morgan fingerprint density at radius 1 is 1.30 bits per heavy atom. The standard InChI is InChI=1S/C19H25N3O4S/c1-2-18-21-27(24,25)17-11-14(20-19(23)13-5-3-6-13)8-9-16(17)22(18)12-15-7-4-10-26-15/h8-9,11,13,15H,2-7,10,12H2,1H3,(H,20,23).